The molecule has 1 aromatic rings. The summed E-state index contributed by atoms with van der Waals surface area (Å²) >= 11 is 0. The maximum atomic E-state index is 11.2. The molecule has 0 aliphatic rings. The summed E-state index contributed by atoms with van der Waals surface area (Å²) in [5.74, 6) is -0.0115. The molecule has 0 saturated carbocycles. The standard InChI is InChI=1S/C11H12N2O/c1-2-4-11(14)13-10-6-3-5-9(7-10)8-12/h3,5-7H,2,4H2,1H3,(H,13,14). The second-order valence-corrected chi connectivity index (χ2v) is 2.99. The first-order valence-corrected chi connectivity index (χ1v) is 4.56. The van der Waals surface area contributed by atoms with Gasteiger partial charge in [0.05, 0.1) is 11.6 Å². The Balaban J connectivity index is 2.68. The van der Waals surface area contributed by atoms with Crippen LogP contribution in [-0.2, 0) is 4.79 Å². The van der Waals surface area contributed by atoms with Crippen molar-refractivity contribution in [3.8, 4) is 6.07 Å². The molecule has 72 valence electrons. The number of hydrogen-bond donors (Lipinski definition) is 1. The molecular weight excluding hydrogens is 176 g/mol. The smallest absolute Gasteiger partial charge is 0.224 e. The number of rotatable bonds is 3. The Kier molecular flexibility index (Phi) is 3.69. The second-order valence-electron chi connectivity index (χ2n) is 2.99. The van der Waals surface area contributed by atoms with Crippen LogP contribution in [0.2, 0.25) is 0 Å². The fraction of sp³-hybridized carbons (Fsp3) is 0.273. The molecule has 1 rings (SSSR count). The lowest BCUT2D eigenvalue weighted by Crippen LogP contribution is -2.10. The van der Waals surface area contributed by atoms with Gasteiger partial charge in [-0.25, -0.2) is 0 Å². The summed E-state index contributed by atoms with van der Waals surface area (Å²) in [6.45, 7) is 1.95. The van der Waals surface area contributed by atoms with Crippen molar-refractivity contribution in [3.05, 3.63) is 29.8 Å². The van der Waals surface area contributed by atoms with Crippen molar-refractivity contribution in [2.75, 3.05) is 5.32 Å². The maximum absolute atomic E-state index is 11.2. The molecule has 0 atom stereocenters. The van der Waals surface area contributed by atoms with E-state index in [0.29, 0.717) is 17.7 Å². The van der Waals surface area contributed by atoms with Gasteiger partial charge in [0.15, 0.2) is 0 Å². The maximum Gasteiger partial charge on any atom is 0.224 e. The zero-order chi connectivity index (χ0) is 10.4. The van der Waals surface area contributed by atoms with E-state index in [-0.39, 0.29) is 5.91 Å². The molecule has 0 spiro atoms. The molecule has 0 bridgehead atoms. The molecule has 0 saturated heterocycles. The number of hydrogen-bond acceptors (Lipinski definition) is 2. The van der Waals surface area contributed by atoms with E-state index in [2.05, 4.69) is 5.32 Å². The molecule has 0 heterocycles. The molecule has 3 heteroatoms. The lowest BCUT2D eigenvalue weighted by Gasteiger charge is -2.03. The SMILES string of the molecule is CCCC(=O)Nc1cccc(C#N)c1. The number of nitrogens with one attached hydrogen (secondary N) is 1. The molecule has 0 aliphatic heterocycles. The molecule has 3 nitrogen and oxygen atoms in total. The van der Waals surface area contributed by atoms with E-state index in [1.165, 1.54) is 0 Å². The molecule has 0 fully saturated rings. The Bertz CT molecular complexity index is 366. The van der Waals surface area contributed by atoms with Crippen LogP contribution in [0.15, 0.2) is 24.3 Å². The van der Waals surface area contributed by atoms with E-state index in [9.17, 15) is 4.79 Å². The van der Waals surface area contributed by atoms with Crippen molar-refractivity contribution in [1.82, 2.24) is 0 Å². The molecule has 0 unspecified atom stereocenters. The zero-order valence-corrected chi connectivity index (χ0v) is 8.08. The average Bonchev–Trinajstić information content (AvgIpc) is 2.18. The molecule has 0 aliphatic carbocycles. The fourth-order valence-corrected chi connectivity index (χ4v) is 1.12. The van der Waals surface area contributed by atoms with Crippen molar-refractivity contribution in [3.63, 3.8) is 0 Å². The summed E-state index contributed by atoms with van der Waals surface area (Å²) in [5, 5.41) is 11.4. The van der Waals surface area contributed by atoms with Crippen molar-refractivity contribution in [2.45, 2.75) is 19.8 Å². The first-order chi connectivity index (χ1) is 6.76. The van der Waals surface area contributed by atoms with Gasteiger partial charge < -0.3 is 5.32 Å². The van der Waals surface area contributed by atoms with E-state index >= 15 is 0 Å². The Morgan fingerprint density at radius 3 is 3.00 bits per heavy atom. The number of nitriles is 1. The number of amides is 1. The monoisotopic (exact) mass is 188 g/mol. The van der Waals surface area contributed by atoms with Crippen LogP contribution in [0.1, 0.15) is 25.3 Å². The number of benzene rings is 1. The van der Waals surface area contributed by atoms with Crippen LogP contribution in [-0.4, -0.2) is 5.91 Å². The third-order valence-electron chi connectivity index (χ3n) is 1.75. The van der Waals surface area contributed by atoms with Gasteiger partial charge >= 0.3 is 0 Å². The van der Waals surface area contributed by atoms with Gasteiger partial charge in [0.2, 0.25) is 5.91 Å². The minimum Gasteiger partial charge on any atom is -0.326 e. The van der Waals surface area contributed by atoms with Gasteiger partial charge in [0, 0.05) is 12.1 Å². The van der Waals surface area contributed by atoms with Crippen LogP contribution >= 0.6 is 0 Å². The normalized spacial score (nSPS) is 9.14. The highest BCUT2D eigenvalue weighted by Gasteiger charge is 2.00. The second kappa shape index (κ2) is 5.03. The van der Waals surface area contributed by atoms with E-state index in [1.54, 1.807) is 24.3 Å². The van der Waals surface area contributed by atoms with Crippen molar-refractivity contribution < 1.29 is 4.79 Å². The fourth-order valence-electron chi connectivity index (χ4n) is 1.12. The lowest BCUT2D eigenvalue weighted by atomic mass is 10.2. The molecule has 0 aromatic heterocycles. The quantitative estimate of drug-likeness (QED) is 0.791. The highest BCUT2D eigenvalue weighted by Crippen LogP contribution is 2.10. The van der Waals surface area contributed by atoms with E-state index < -0.39 is 0 Å². The average molecular weight is 188 g/mol. The van der Waals surface area contributed by atoms with E-state index in [0.717, 1.165) is 6.42 Å². The minimum atomic E-state index is -0.0115. The summed E-state index contributed by atoms with van der Waals surface area (Å²) in [6.07, 6.45) is 1.33. The molecule has 0 radical (unpaired) electrons. The number of carbonyl (C=O) groups is 1. The van der Waals surface area contributed by atoms with Crippen molar-refractivity contribution in [2.24, 2.45) is 0 Å². The summed E-state index contributed by atoms with van der Waals surface area (Å²) in [4.78, 5) is 11.2. The van der Waals surface area contributed by atoms with Gasteiger partial charge in [-0.1, -0.05) is 13.0 Å². The van der Waals surface area contributed by atoms with Gasteiger partial charge in [-0.3, -0.25) is 4.79 Å². The Labute approximate surface area is 83.4 Å². The van der Waals surface area contributed by atoms with Gasteiger partial charge in [-0.2, -0.15) is 5.26 Å². The van der Waals surface area contributed by atoms with Crippen LogP contribution in [0.5, 0.6) is 0 Å². The van der Waals surface area contributed by atoms with E-state index in [4.69, 9.17) is 5.26 Å². The van der Waals surface area contributed by atoms with Crippen molar-refractivity contribution >= 4 is 11.6 Å². The first-order valence-electron chi connectivity index (χ1n) is 4.56. The van der Waals surface area contributed by atoms with Gasteiger partial charge in [-0.05, 0) is 24.6 Å². The predicted octanol–water partition coefficient (Wildman–Crippen LogP) is 2.30. The third-order valence-corrected chi connectivity index (χ3v) is 1.75. The van der Waals surface area contributed by atoms with Crippen LogP contribution in [0, 0.1) is 11.3 Å². The van der Waals surface area contributed by atoms with Crippen molar-refractivity contribution in [1.29, 1.82) is 5.26 Å². The molecule has 1 aromatic carbocycles. The number of carbonyl (C=O) groups excluding carboxylic acids is 1. The van der Waals surface area contributed by atoms with Crippen LogP contribution in [0.4, 0.5) is 5.69 Å². The van der Waals surface area contributed by atoms with Crippen LogP contribution in [0.3, 0.4) is 0 Å². The third kappa shape index (κ3) is 2.91. The largest absolute Gasteiger partial charge is 0.326 e. The molecule has 1 N–H and O–H groups in total. The van der Waals surface area contributed by atoms with E-state index in [1.807, 2.05) is 13.0 Å². The Morgan fingerprint density at radius 1 is 1.57 bits per heavy atom. The lowest BCUT2D eigenvalue weighted by molar-refractivity contribution is -0.116. The Hall–Kier alpha value is -1.82. The first kappa shape index (κ1) is 10.3. The summed E-state index contributed by atoms with van der Waals surface area (Å²) in [6, 6.07) is 8.91. The summed E-state index contributed by atoms with van der Waals surface area (Å²) in [7, 11) is 0. The van der Waals surface area contributed by atoms with Gasteiger partial charge in [0.25, 0.3) is 0 Å². The Morgan fingerprint density at radius 2 is 2.36 bits per heavy atom. The number of nitrogens with zero attached hydrogens (tertiary/aromatic N) is 1. The van der Waals surface area contributed by atoms with Gasteiger partial charge in [-0.15, -0.1) is 0 Å². The molecule has 14 heavy (non-hydrogen) atoms. The predicted molar refractivity (Wildman–Crippen MR) is 54.7 cm³/mol. The molecule has 1 amide bonds. The molecular formula is C11H12N2O. The van der Waals surface area contributed by atoms with Crippen LogP contribution < -0.4 is 5.32 Å². The van der Waals surface area contributed by atoms with Gasteiger partial charge in [0.1, 0.15) is 0 Å². The topological polar surface area (TPSA) is 52.9 Å². The zero-order valence-electron chi connectivity index (χ0n) is 8.08. The highest BCUT2D eigenvalue weighted by molar-refractivity contribution is 5.90. The summed E-state index contributed by atoms with van der Waals surface area (Å²) in [5.41, 5.74) is 1.24. The van der Waals surface area contributed by atoms with Crippen LogP contribution in [0.25, 0.3) is 0 Å². The summed E-state index contributed by atoms with van der Waals surface area (Å²) < 4.78 is 0. The highest BCUT2D eigenvalue weighted by atomic mass is 16.1. The number of anilines is 1. The minimum absolute atomic E-state index is 0.0115.